The Morgan fingerprint density at radius 1 is 1.07 bits per heavy atom. The molecule has 0 heterocycles. The summed E-state index contributed by atoms with van der Waals surface area (Å²) in [4.78, 5) is 0. The second-order valence-corrected chi connectivity index (χ2v) is 7.49. The Balaban J connectivity index is 2.04. The predicted octanol–water partition coefficient (Wildman–Crippen LogP) is 8.21. The minimum absolute atomic E-state index is 0.909. The van der Waals surface area contributed by atoms with E-state index in [2.05, 4.69) is 103 Å². The third-order valence-electron chi connectivity index (χ3n) is 4.93. The molecule has 140 valence electrons. The smallest absolute Gasteiger partial charge is 0.0285 e. The summed E-state index contributed by atoms with van der Waals surface area (Å²) in [6.45, 7) is 9.95. The van der Waals surface area contributed by atoms with Gasteiger partial charge in [-0.25, -0.2) is 0 Å². The third kappa shape index (κ3) is 4.43. The van der Waals surface area contributed by atoms with Gasteiger partial charge in [0.1, 0.15) is 0 Å². The average molecular weight is 429 g/mol. The molecule has 1 heteroatoms. The molecule has 0 bridgehead atoms. The molecular formula is C27H25Br. The summed E-state index contributed by atoms with van der Waals surface area (Å²) in [5, 5.41) is 0. The summed E-state index contributed by atoms with van der Waals surface area (Å²) in [7, 11) is 0. The first-order chi connectivity index (χ1) is 13.7. The van der Waals surface area contributed by atoms with Crippen LogP contribution in [-0.4, -0.2) is 0 Å². The molecule has 2 aromatic rings. The molecule has 0 amide bonds. The van der Waals surface area contributed by atoms with Gasteiger partial charge in [-0.2, -0.15) is 0 Å². The van der Waals surface area contributed by atoms with E-state index in [1.54, 1.807) is 6.08 Å². The van der Waals surface area contributed by atoms with Gasteiger partial charge in [-0.15, -0.1) is 0 Å². The van der Waals surface area contributed by atoms with Crippen molar-refractivity contribution in [2.24, 2.45) is 0 Å². The molecule has 28 heavy (non-hydrogen) atoms. The van der Waals surface area contributed by atoms with E-state index in [1.807, 2.05) is 12.2 Å². The molecule has 1 aliphatic carbocycles. The monoisotopic (exact) mass is 428 g/mol. The fourth-order valence-electron chi connectivity index (χ4n) is 3.43. The lowest BCUT2D eigenvalue weighted by atomic mass is 9.92. The summed E-state index contributed by atoms with van der Waals surface area (Å²) in [5.41, 5.74) is 8.63. The van der Waals surface area contributed by atoms with Gasteiger partial charge in [0.15, 0.2) is 0 Å². The Bertz CT molecular complexity index is 998. The van der Waals surface area contributed by atoms with Gasteiger partial charge in [0.2, 0.25) is 0 Å². The van der Waals surface area contributed by atoms with Crippen LogP contribution in [0, 0.1) is 0 Å². The van der Waals surface area contributed by atoms with Crippen LogP contribution in [0.25, 0.3) is 15.6 Å². The van der Waals surface area contributed by atoms with Gasteiger partial charge in [-0.1, -0.05) is 99.0 Å². The fourth-order valence-corrected chi connectivity index (χ4v) is 4.10. The van der Waals surface area contributed by atoms with E-state index in [1.165, 1.54) is 27.8 Å². The molecule has 0 atom stereocenters. The summed E-state index contributed by atoms with van der Waals surface area (Å²) in [6.07, 6.45) is 14.2. The molecule has 1 aliphatic rings. The van der Waals surface area contributed by atoms with Crippen LogP contribution in [-0.2, 0) is 6.42 Å². The molecule has 0 N–H and O–H groups in total. The number of aryl methyl sites for hydroxylation is 1. The number of hydrogen-bond donors (Lipinski definition) is 0. The Labute approximate surface area is 177 Å². The van der Waals surface area contributed by atoms with Crippen molar-refractivity contribution in [3.63, 3.8) is 0 Å². The summed E-state index contributed by atoms with van der Waals surface area (Å²) in [6, 6.07) is 17.3. The number of hydrogen-bond acceptors (Lipinski definition) is 0. The van der Waals surface area contributed by atoms with E-state index in [4.69, 9.17) is 0 Å². The first-order valence-electron chi connectivity index (χ1n) is 9.59. The molecule has 0 fully saturated rings. The van der Waals surface area contributed by atoms with E-state index >= 15 is 0 Å². The van der Waals surface area contributed by atoms with Crippen LogP contribution >= 0.6 is 15.9 Å². The molecule has 0 aliphatic heterocycles. The van der Waals surface area contributed by atoms with Crippen LogP contribution in [0.3, 0.4) is 0 Å². The molecule has 0 nitrogen and oxygen atoms in total. The standard InChI is InChI=1S/C27H25Br/c1-4-11-20(5-2)23-14-10-15-25(19-23)27(28)26-17-16-24(18-21(26)6-3)22-12-8-7-9-13-22/h4-5,7-14,16-19H,1-2,6,15H2,3H3/b20-11+,27-25-. The maximum atomic E-state index is 3.93. The number of rotatable bonds is 6. The quantitative estimate of drug-likeness (QED) is 0.406. The van der Waals surface area contributed by atoms with E-state index in [-0.39, 0.29) is 0 Å². The molecule has 0 radical (unpaired) electrons. The van der Waals surface area contributed by atoms with Crippen molar-refractivity contribution in [1.29, 1.82) is 0 Å². The zero-order chi connectivity index (χ0) is 19.9. The van der Waals surface area contributed by atoms with Gasteiger partial charge in [0.25, 0.3) is 0 Å². The van der Waals surface area contributed by atoms with E-state index in [0.717, 1.165) is 28.5 Å². The minimum Gasteiger partial charge on any atom is -0.0990 e. The molecule has 2 aromatic carbocycles. The SMILES string of the molecule is C=C/C=C(\C=C)C1=C/C(=C(\Br)c2ccc(-c3ccccc3)cc2CC)CC=C1. The molecule has 0 unspecified atom stereocenters. The van der Waals surface area contributed by atoms with E-state index in [9.17, 15) is 0 Å². The van der Waals surface area contributed by atoms with Crippen LogP contribution in [0.4, 0.5) is 0 Å². The van der Waals surface area contributed by atoms with E-state index in [0.29, 0.717) is 0 Å². The van der Waals surface area contributed by atoms with Crippen LogP contribution < -0.4 is 0 Å². The molecule has 0 aromatic heterocycles. The highest BCUT2D eigenvalue weighted by atomic mass is 79.9. The molecule has 0 saturated heterocycles. The zero-order valence-electron chi connectivity index (χ0n) is 16.3. The van der Waals surface area contributed by atoms with Crippen LogP contribution in [0.15, 0.2) is 115 Å². The second kappa shape index (κ2) is 9.52. The lowest BCUT2D eigenvalue weighted by Crippen LogP contribution is -1.96. The first kappa shape index (κ1) is 20.1. The topological polar surface area (TPSA) is 0 Å². The van der Waals surface area contributed by atoms with Crippen molar-refractivity contribution in [3.8, 4) is 11.1 Å². The van der Waals surface area contributed by atoms with Crippen molar-refractivity contribution < 1.29 is 0 Å². The minimum atomic E-state index is 0.909. The molecule has 0 spiro atoms. The van der Waals surface area contributed by atoms with Crippen molar-refractivity contribution in [3.05, 3.63) is 126 Å². The van der Waals surface area contributed by atoms with Crippen LogP contribution in [0.5, 0.6) is 0 Å². The molecular weight excluding hydrogens is 404 g/mol. The number of halogens is 1. The van der Waals surface area contributed by atoms with Gasteiger partial charge in [-0.3, -0.25) is 0 Å². The third-order valence-corrected chi connectivity index (χ3v) is 5.86. The number of allylic oxidation sites excluding steroid dienone is 9. The largest absolute Gasteiger partial charge is 0.0990 e. The van der Waals surface area contributed by atoms with Crippen molar-refractivity contribution >= 4 is 20.4 Å². The maximum absolute atomic E-state index is 3.93. The van der Waals surface area contributed by atoms with Gasteiger partial charge in [0.05, 0.1) is 0 Å². The van der Waals surface area contributed by atoms with Crippen molar-refractivity contribution in [2.45, 2.75) is 19.8 Å². The van der Waals surface area contributed by atoms with Crippen molar-refractivity contribution in [1.82, 2.24) is 0 Å². The Morgan fingerprint density at radius 3 is 2.54 bits per heavy atom. The van der Waals surface area contributed by atoms with Crippen LogP contribution in [0.1, 0.15) is 24.5 Å². The highest BCUT2D eigenvalue weighted by Crippen LogP contribution is 2.36. The van der Waals surface area contributed by atoms with E-state index < -0.39 is 0 Å². The van der Waals surface area contributed by atoms with Crippen LogP contribution in [0.2, 0.25) is 0 Å². The fraction of sp³-hybridized carbons (Fsp3) is 0.111. The predicted molar refractivity (Wildman–Crippen MR) is 127 cm³/mol. The zero-order valence-corrected chi connectivity index (χ0v) is 17.9. The average Bonchev–Trinajstić information content (AvgIpc) is 2.77. The van der Waals surface area contributed by atoms with Gasteiger partial charge >= 0.3 is 0 Å². The molecule has 3 rings (SSSR count). The Morgan fingerprint density at radius 2 is 1.86 bits per heavy atom. The molecule has 0 saturated carbocycles. The highest BCUT2D eigenvalue weighted by Gasteiger charge is 2.13. The normalized spacial score (nSPS) is 15.8. The van der Waals surface area contributed by atoms with Crippen molar-refractivity contribution in [2.75, 3.05) is 0 Å². The Kier molecular flexibility index (Phi) is 6.84. The number of benzene rings is 2. The second-order valence-electron chi connectivity index (χ2n) is 6.70. The first-order valence-corrected chi connectivity index (χ1v) is 10.4. The lowest BCUT2D eigenvalue weighted by molar-refractivity contribution is 1.13. The Hall–Kier alpha value is -2.64. The maximum Gasteiger partial charge on any atom is 0.0285 e. The summed E-state index contributed by atoms with van der Waals surface area (Å²) < 4.78 is 1.16. The summed E-state index contributed by atoms with van der Waals surface area (Å²) >= 11 is 3.89. The van der Waals surface area contributed by atoms with Gasteiger partial charge < -0.3 is 0 Å². The van der Waals surface area contributed by atoms with Gasteiger partial charge in [-0.05, 0) is 73.8 Å². The lowest BCUT2D eigenvalue weighted by Gasteiger charge is -2.16. The summed E-state index contributed by atoms with van der Waals surface area (Å²) in [5.74, 6) is 0. The van der Waals surface area contributed by atoms with Gasteiger partial charge in [0, 0.05) is 4.48 Å². The highest BCUT2D eigenvalue weighted by molar-refractivity contribution is 9.15.